The van der Waals surface area contributed by atoms with Crippen LogP contribution in [0.4, 0.5) is 0 Å². The Morgan fingerprint density at radius 1 is 1.24 bits per heavy atom. The third kappa shape index (κ3) is 6.57. The van der Waals surface area contributed by atoms with Crippen molar-refractivity contribution in [3.63, 3.8) is 0 Å². The molecule has 0 saturated carbocycles. The summed E-state index contributed by atoms with van der Waals surface area (Å²) >= 11 is 0. The number of aliphatic imine (C=N–C) groups is 1. The van der Waals surface area contributed by atoms with Gasteiger partial charge >= 0.3 is 0 Å². The van der Waals surface area contributed by atoms with Crippen LogP contribution >= 0.6 is 24.0 Å². The highest BCUT2D eigenvalue weighted by molar-refractivity contribution is 14.0. The maximum absolute atomic E-state index is 5.84. The monoisotopic (exact) mass is 396 g/mol. The minimum atomic E-state index is 0. The third-order valence-electron chi connectivity index (χ3n) is 2.93. The molecule has 0 saturated heterocycles. The van der Waals surface area contributed by atoms with Crippen molar-refractivity contribution >= 4 is 29.9 Å². The molecule has 0 radical (unpaired) electrons. The van der Waals surface area contributed by atoms with E-state index in [0.29, 0.717) is 12.5 Å². The Kier molecular flexibility index (Phi) is 7.74. The number of guanidine groups is 1. The zero-order valence-electron chi connectivity index (χ0n) is 12.1. The first kappa shape index (κ1) is 17.4. The first-order valence-electron chi connectivity index (χ1n) is 6.73. The predicted molar refractivity (Wildman–Crippen MR) is 97.9 cm³/mol. The lowest BCUT2D eigenvalue weighted by molar-refractivity contribution is 0.827. The van der Waals surface area contributed by atoms with Crippen LogP contribution in [0.3, 0.4) is 0 Å². The van der Waals surface area contributed by atoms with Gasteiger partial charge in [0.2, 0.25) is 0 Å². The van der Waals surface area contributed by atoms with Crippen molar-refractivity contribution < 1.29 is 0 Å². The molecule has 2 rings (SSSR count). The Balaban J connectivity index is 0.00000220. The summed E-state index contributed by atoms with van der Waals surface area (Å²) in [6, 6.07) is 14.2. The molecule has 5 heteroatoms. The minimum absolute atomic E-state index is 0. The molecule has 0 bridgehead atoms. The molecular weight excluding hydrogens is 375 g/mol. The lowest BCUT2D eigenvalue weighted by Gasteiger charge is -2.05. The predicted octanol–water partition coefficient (Wildman–Crippen LogP) is 2.66. The van der Waals surface area contributed by atoms with Crippen molar-refractivity contribution in [1.29, 1.82) is 0 Å². The van der Waals surface area contributed by atoms with Crippen LogP contribution in [-0.4, -0.2) is 17.5 Å². The molecule has 21 heavy (non-hydrogen) atoms. The summed E-state index contributed by atoms with van der Waals surface area (Å²) in [6.45, 7) is 3.41. The van der Waals surface area contributed by atoms with E-state index in [4.69, 9.17) is 5.73 Å². The van der Waals surface area contributed by atoms with Crippen LogP contribution in [0.25, 0.3) is 0 Å². The molecule has 1 aromatic carbocycles. The summed E-state index contributed by atoms with van der Waals surface area (Å²) < 4.78 is 0. The maximum Gasteiger partial charge on any atom is 0.188 e. The summed E-state index contributed by atoms with van der Waals surface area (Å²) in [6.07, 6.45) is 2.63. The molecule has 1 heterocycles. The number of aromatic nitrogens is 1. The number of nitrogens with zero attached hydrogens (tertiary/aromatic N) is 2. The highest BCUT2D eigenvalue weighted by Gasteiger charge is 1.96. The van der Waals surface area contributed by atoms with Crippen LogP contribution in [0.2, 0.25) is 0 Å². The lowest BCUT2D eigenvalue weighted by atomic mass is 10.1. The molecule has 1 aromatic heterocycles. The quantitative estimate of drug-likeness (QED) is 0.464. The fraction of sp³-hybridized carbons (Fsp3) is 0.250. The Morgan fingerprint density at radius 3 is 2.81 bits per heavy atom. The number of hydrogen-bond acceptors (Lipinski definition) is 2. The number of aryl methyl sites for hydroxylation is 1. The zero-order chi connectivity index (χ0) is 14.2. The van der Waals surface area contributed by atoms with Crippen molar-refractivity contribution in [2.45, 2.75) is 19.9 Å². The SMILES string of the molecule is Cc1cccc(CN=C(N)NCCc2ccccn2)c1.I. The summed E-state index contributed by atoms with van der Waals surface area (Å²) in [7, 11) is 0. The van der Waals surface area contributed by atoms with Gasteiger partial charge in [-0.2, -0.15) is 0 Å². The largest absolute Gasteiger partial charge is 0.370 e. The van der Waals surface area contributed by atoms with Gasteiger partial charge in [-0.15, -0.1) is 24.0 Å². The Labute approximate surface area is 142 Å². The van der Waals surface area contributed by atoms with Gasteiger partial charge in [0.05, 0.1) is 6.54 Å². The molecular formula is C16H21IN4. The second-order valence-electron chi connectivity index (χ2n) is 4.69. The number of nitrogens with one attached hydrogen (secondary N) is 1. The van der Waals surface area contributed by atoms with Gasteiger partial charge in [0.15, 0.2) is 5.96 Å². The van der Waals surface area contributed by atoms with Crippen LogP contribution in [-0.2, 0) is 13.0 Å². The van der Waals surface area contributed by atoms with E-state index in [2.05, 4.69) is 40.4 Å². The van der Waals surface area contributed by atoms with E-state index in [1.807, 2.05) is 24.3 Å². The van der Waals surface area contributed by atoms with Crippen molar-refractivity contribution in [3.05, 3.63) is 65.5 Å². The van der Waals surface area contributed by atoms with Gasteiger partial charge in [0, 0.05) is 24.9 Å². The summed E-state index contributed by atoms with van der Waals surface area (Å²) in [5, 5.41) is 3.10. The van der Waals surface area contributed by atoms with Gasteiger partial charge < -0.3 is 11.1 Å². The standard InChI is InChI=1S/C16H20N4.HI/c1-13-5-4-6-14(11-13)12-20-16(17)19-10-8-15-7-2-3-9-18-15;/h2-7,9,11H,8,10,12H2,1H3,(H3,17,19,20);1H. The summed E-state index contributed by atoms with van der Waals surface area (Å²) in [5.74, 6) is 0.474. The van der Waals surface area contributed by atoms with Crippen LogP contribution in [0, 0.1) is 6.92 Å². The molecule has 2 aromatic rings. The molecule has 3 N–H and O–H groups in total. The van der Waals surface area contributed by atoms with E-state index in [-0.39, 0.29) is 24.0 Å². The van der Waals surface area contributed by atoms with E-state index in [9.17, 15) is 0 Å². The highest BCUT2D eigenvalue weighted by Crippen LogP contribution is 2.04. The van der Waals surface area contributed by atoms with Crippen LogP contribution in [0.1, 0.15) is 16.8 Å². The Morgan fingerprint density at radius 2 is 2.10 bits per heavy atom. The van der Waals surface area contributed by atoms with Crippen LogP contribution in [0.15, 0.2) is 53.7 Å². The van der Waals surface area contributed by atoms with Gasteiger partial charge in [-0.25, -0.2) is 4.99 Å². The summed E-state index contributed by atoms with van der Waals surface area (Å²) in [5.41, 5.74) is 9.29. The van der Waals surface area contributed by atoms with Crippen LogP contribution < -0.4 is 11.1 Å². The molecule has 0 amide bonds. The van der Waals surface area contributed by atoms with Crippen molar-refractivity contribution in [2.75, 3.05) is 6.54 Å². The number of hydrogen-bond donors (Lipinski definition) is 2. The topological polar surface area (TPSA) is 63.3 Å². The second kappa shape index (κ2) is 9.33. The summed E-state index contributed by atoms with van der Waals surface area (Å²) in [4.78, 5) is 8.59. The number of benzene rings is 1. The van der Waals surface area contributed by atoms with Gasteiger partial charge in [0.25, 0.3) is 0 Å². The van der Waals surface area contributed by atoms with Gasteiger partial charge in [-0.1, -0.05) is 35.9 Å². The highest BCUT2D eigenvalue weighted by atomic mass is 127. The average molecular weight is 396 g/mol. The minimum Gasteiger partial charge on any atom is -0.370 e. The number of halogens is 1. The molecule has 4 nitrogen and oxygen atoms in total. The lowest BCUT2D eigenvalue weighted by Crippen LogP contribution is -2.33. The molecule has 0 spiro atoms. The Hall–Kier alpha value is -1.63. The molecule has 0 atom stereocenters. The molecule has 0 aliphatic carbocycles. The fourth-order valence-corrected chi connectivity index (χ4v) is 1.91. The molecule has 0 aliphatic heterocycles. The van der Waals surface area contributed by atoms with E-state index in [1.54, 1.807) is 6.20 Å². The number of nitrogens with two attached hydrogens (primary N) is 1. The van der Waals surface area contributed by atoms with Crippen molar-refractivity contribution in [3.8, 4) is 0 Å². The van der Waals surface area contributed by atoms with Gasteiger partial charge in [-0.3, -0.25) is 4.98 Å². The number of pyridine rings is 1. The van der Waals surface area contributed by atoms with Crippen LogP contribution in [0.5, 0.6) is 0 Å². The number of rotatable bonds is 5. The van der Waals surface area contributed by atoms with E-state index < -0.39 is 0 Å². The van der Waals surface area contributed by atoms with E-state index in [0.717, 1.165) is 18.7 Å². The first-order chi connectivity index (χ1) is 9.74. The first-order valence-corrected chi connectivity index (χ1v) is 6.73. The smallest absolute Gasteiger partial charge is 0.188 e. The Bertz CT molecular complexity index is 569. The second-order valence-corrected chi connectivity index (χ2v) is 4.69. The van der Waals surface area contributed by atoms with Gasteiger partial charge in [0.1, 0.15) is 0 Å². The fourth-order valence-electron chi connectivity index (χ4n) is 1.91. The molecule has 0 unspecified atom stereocenters. The van der Waals surface area contributed by atoms with Crippen molar-refractivity contribution in [1.82, 2.24) is 10.3 Å². The zero-order valence-corrected chi connectivity index (χ0v) is 14.5. The third-order valence-corrected chi connectivity index (χ3v) is 2.93. The maximum atomic E-state index is 5.84. The van der Waals surface area contributed by atoms with E-state index in [1.165, 1.54) is 11.1 Å². The average Bonchev–Trinajstić information content (AvgIpc) is 2.46. The molecule has 112 valence electrons. The molecule has 0 aliphatic rings. The normalized spacial score (nSPS) is 10.8. The van der Waals surface area contributed by atoms with Gasteiger partial charge in [-0.05, 0) is 24.6 Å². The van der Waals surface area contributed by atoms with E-state index >= 15 is 0 Å². The molecule has 0 fully saturated rings. The van der Waals surface area contributed by atoms with Crippen molar-refractivity contribution in [2.24, 2.45) is 10.7 Å².